The first-order chi connectivity index (χ1) is 7.89. The molecule has 1 atom stereocenters. The molecule has 0 saturated carbocycles. The number of benzene rings is 1. The Morgan fingerprint density at radius 1 is 1.47 bits per heavy atom. The van der Waals surface area contributed by atoms with Crippen LogP contribution in [0.2, 0.25) is 0 Å². The van der Waals surface area contributed by atoms with E-state index in [-0.39, 0.29) is 12.0 Å². The summed E-state index contributed by atoms with van der Waals surface area (Å²) in [5, 5.41) is 11.7. The molecule has 0 heterocycles. The first-order valence-corrected chi connectivity index (χ1v) is 5.31. The minimum absolute atomic E-state index is 0.0294. The van der Waals surface area contributed by atoms with Crippen LogP contribution in [-0.2, 0) is 10.3 Å². The SMILES string of the molecule is CCNC(C)(CC(=O)O)c1cc(F)ccc1F. The number of hydrogen-bond acceptors (Lipinski definition) is 2. The minimum atomic E-state index is -1.12. The lowest BCUT2D eigenvalue weighted by Crippen LogP contribution is -2.42. The molecule has 0 radical (unpaired) electrons. The quantitative estimate of drug-likeness (QED) is 0.834. The molecule has 0 saturated heterocycles. The molecule has 1 aromatic carbocycles. The van der Waals surface area contributed by atoms with E-state index >= 15 is 0 Å². The first-order valence-electron chi connectivity index (χ1n) is 5.31. The molecular formula is C12H15F2NO2. The number of carboxylic acids is 1. The Hall–Kier alpha value is -1.49. The van der Waals surface area contributed by atoms with Gasteiger partial charge >= 0.3 is 5.97 Å². The smallest absolute Gasteiger partial charge is 0.305 e. The lowest BCUT2D eigenvalue weighted by atomic mass is 9.88. The van der Waals surface area contributed by atoms with E-state index in [0.717, 1.165) is 18.2 Å². The van der Waals surface area contributed by atoms with Crippen molar-refractivity contribution in [3.8, 4) is 0 Å². The highest BCUT2D eigenvalue weighted by Gasteiger charge is 2.31. The molecule has 0 aliphatic carbocycles. The number of hydrogen-bond donors (Lipinski definition) is 2. The van der Waals surface area contributed by atoms with Crippen molar-refractivity contribution >= 4 is 5.97 Å². The molecule has 1 unspecified atom stereocenters. The average molecular weight is 243 g/mol. The standard InChI is InChI=1S/C12H15F2NO2/c1-3-15-12(2,7-11(16)17)9-6-8(13)4-5-10(9)14/h4-6,15H,3,7H2,1-2H3,(H,16,17). The largest absolute Gasteiger partial charge is 0.481 e. The van der Waals surface area contributed by atoms with Crippen LogP contribution in [0, 0.1) is 11.6 Å². The summed E-state index contributed by atoms with van der Waals surface area (Å²) in [6.45, 7) is 3.78. The number of carboxylic acid groups (broad SMARTS) is 1. The maximum atomic E-state index is 13.6. The normalized spacial score (nSPS) is 14.4. The van der Waals surface area contributed by atoms with Gasteiger partial charge in [-0.15, -0.1) is 0 Å². The molecule has 0 aliphatic heterocycles. The Bertz CT molecular complexity index is 423. The van der Waals surface area contributed by atoms with Crippen LogP contribution in [0.25, 0.3) is 0 Å². The van der Waals surface area contributed by atoms with E-state index in [0.29, 0.717) is 6.54 Å². The highest BCUT2D eigenvalue weighted by atomic mass is 19.1. The van der Waals surface area contributed by atoms with Crippen LogP contribution in [0.5, 0.6) is 0 Å². The molecule has 94 valence electrons. The number of aliphatic carboxylic acids is 1. The van der Waals surface area contributed by atoms with Crippen molar-refractivity contribution in [3.63, 3.8) is 0 Å². The molecule has 0 aliphatic rings. The summed E-state index contributed by atoms with van der Waals surface area (Å²) >= 11 is 0. The van der Waals surface area contributed by atoms with E-state index in [4.69, 9.17) is 5.11 Å². The van der Waals surface area contributed by atoms with Crippen molar-refractivity contribution in [2.75, 3.05) is 6.54 Å². The van der Waals surface area contributed by atoms with E-state index in [1.165, 1.54) is 0 Å². The van der Waals surface area contributed by atoms with Crippen LogP contribution in [0.4, 0.5) is 8.78 Å². The summed E-state index contributed by atoms with van der Waals surface area (Å²) in [6.07, 6.45) is -0.318. The molecule has 0 amide bonds. The molecule has 0 aromatic heterocycles. The summed E-state index contributed by atoms with van der Waals surface area (Å²) in [7, 11) is 0. The summed E-state index contributed by atoms with van der Waals surface area (Å²) in [6, 6.07) is 3.04. The van der Waals surface area contributed by atoms with E-state index in [9.17, 15) is 13.6 Å². The second kappa shape index (κ2) is 5.23. The number of halogens is 2. The fourth-order valence-electron chi connectivity index (χ4n) is 1.87. The summed E-state index contributed by atoms with van der Waals surface area (Å²) in [5.74, 6) is -2.27. The van der Waals surface area contributed by atoms with Crippen molar-refractivity contribution in [1.82, 2.24) is 5.32 Å². The zero-order valence-electron chi connectivity index (χ0n) is 9.76. The van der Waals surface area contributed by atoms with Gasteiger partial charge in [0.2, 0.25) is 0 Å². The van der Waals surface area contributed by atoms with Crippen LogP contribution in [0.3, 0.4) is 0 Å². The van der Waals surface area contributed by atoms with E-state index in [1.54, 1.807) is 13.8 Å². The fourth-order valence-corrected chi connectivity index (χ4v) is 1.87. The Morgan fingerprint density at radius 2 is 2.12 bits per heavy atom. The third-order valence-electron chi connectivity index (χ3n) is 2.59. The highest BCUT2D eigenvalue weighted by Crippen LogP contribution is 2.27. The minimum Gasteiger partial charge on any atom is -0.481 e. The van der Waals surface area contributed by atoms with E-state index < -0.39 is 23.1 Å². The predicted molar refractivity (Wildman–Crippen MR) is 59.6 cm³/mol. The van der Waals surface area contributed by atoms with Gasteiger partial charge in [0.05, 0.1) is 12.0 Å². The number of nitrogens with one attached hydrogen (secondary N) is 1. The lowest BCUT2D eigenvalue weighted by molar-refractivity contribution is -0.138. The molecule has 0 spiro atoms. The summed E-state index contributed by atoms with van der Waals surface area (Å²) in [4.78, 5) is 10.8. The zero-order valence-corrected chi connectivity index (χ0v) is 9.76. The van der Waals surface area contributed by atoms with Crippen LogP contribution < -0.4 is 5.32 Å². The van der Waals surface area contributed by atoms with Crippen molar-refractivity contribution in [3.05, 3.63) is 35.4 Å². The first kappa shape index (κ1) is 13.6. The van der Waals surface area contributed by atoms with Gasteiger partial charge in [-0.05, 0) is 31.7 Å². The highest BCUT2D eigenvalue weighted by molar-refractivity contribution is 5.68. The van der Waals surface area contributed by atoms with Crippen molar-refractivity contribution in [2.24, 2.45) is 0 Å². The Balaban J connectivity index is 3.20. The van der Waals surface area contributed by atoms with Gasteiger partial charge in [0.1, 0.15) is 11.6 Å². The van der Waals surface area contributed by atoms with Gasteiger partial charge in [-0.3, -0.25) is 4.79 Å². The fraction of sp³-hybridized carbons (Fsp3) is 0.417. The van der Waals surface area contributed by atoms with Crippen LogP contribution in [0.1, 0.15) is 25.8 Å². The molecule has 2 N–H and O–H groups in total. The molecule has 1 rings (SSSR count). The number of carbonyl (C=O) groups is 1. The Kier molecular flexibility index (Phi) is 4.17. The second-order valence-electron chi connectivity index (χ2n) is 4.06. The van der Waals surface area contributed by atoms with Crippen molar-refractivity contribution in [2.45, 2.75) is 25.8 Å². The summed E-state index contributed by atoms with van der Waals surface area (Å²) < 4.78 is 26.8. The van der Waals surface area contributed by atoms with Crippen molar-refractivity contribution < 1.29 is 18.7 Å². The lowest BCUT2D eigenvalue weighted by Gasteiger charge is -2.30. The maximum Gasteiger partial charge on any atom is 0.305 e. The van der Waals surface area contributed by atoms with Gasteiger partial charge in [0, 0.05) is 5.56 Å². The second-order valence-corrected chi connectivity index (χ2v) is 4.06. The van der Waals surface area contributed by atoms with Crippen LogP contribution >= 0.6 is 0 Å². The van der Waals surface area contributed by atoms with Crippen LogP contribution in [0.15, 0.2) is 18.2 Å². The van der Waals surface area contributed by atoms with Crippen molar-refractivity contribution in [1.29, 1.82) is 0 Å². The molecule has 17 heavy (non-hydrogen) atoms. The summed E-state index contributed by atoms with van der Waals surface area (Å²) in [5.41, 5.74) is -1.09. The van der Waals surface area contributed by atoms with Gasteiger partial charge in [-0.1, -0.05) is 6.92 Å². The van der Waals surface area contributed by atoms with E-state index in [1.807, 2.05) is 0 Å². The molecule has 5 heteroatoms. The van der Waals surface area contributed by atoms with Gasteiger partial charge in [0.25, 0.3) is 0 Å². The van der Waals surface area contributed by atoms with Crippen LogP contribution in [-0.4, -0.2) is 17.6 Å². The maximum absolute atomic E-state index is 13.6. The van der Waals surface area contributed by atoms with Gasteiger partial charge in [-0.2, -0.15) is 0 Å². The third kappa shape index (κ3) is 3.23. The van der Waals surface area contributed by atoms with Gasteiger partial charge < -0.3 is 10.4 Å². The monoisotopic (exact) mass is 243 g/mol. The molecule has 1 aromatic rings. The molecule has 0 fully saturated rings. The average Bonchev–Trinajstić information content (AvgIpc) is 2.20. The molecule has 0 bridgehead atoms. The van der Waals surface area contributed by atoms with E-state index in [2.05, 4.69) is 5.32 Å². The predicted octanol–water partition coefficient (Wildman–Crippen LogP) is 2.26. The third-order valence-corrected chi connectivity index (χ3v) is 2.59. The molecular weight excluding hydrogens is 228 g/mol. The number of rotatable bonds is 5. The Labute approximate surface area is 98.5 Å². The van der Waals surface area contributed by atoms with Gasteiger partial charge in [-0.25, -0.2) is 8.78 Å². The van der Waals surface area contributed by atoms with Gasteiger partial charge in [0.15, 0.2) is 0 Å². The zero-order chi connectivity index (χ0) is 13.1. The topological polar surface area (TPSA) is 49.3 Å². The molecule has 3 nitrogen and oxygen atoms in total. The Morgan fingerprint density at radius 3 is 2.65 bits per heavy atom.